The van der Waals surface area contributed by atoms with Gasteiger partial charge in [0.1, 0.15) is 42.4 Å². The number of sulfonamides is 1. The highest BCUT2D eigenvalue weighted by Crippen LogP contribution is 2.41. The fraction of sp³-hybridized carbons (Fsp3) is 0.174. The van der Waals surface area contributed by atoms with Gasteiger partial charge in [0.05, 0.1) is 28.9 Å². The highest BCUT2D eigenvalue weighted by molar-refractivity contribution is 7.92. The number of rotatable bonds is 5. The van der Waals surface area contributed by atoms with Gasteiger partial charge in [-0.3, -0.25) is 4.72 Å². The summed E-state index contributed by atoms with van der Waals surface area (Å²) in [7, 11) is -2.67. The first-order valence-electron chi connectivity index (χ1n) is 10.2. The number of hydrogen-bond donors (Lipinski definition) is 2. The molecule has 34 heavy (non-hydrogen) atoms. The summed E-state index contributed by atoms with van der Waals surface area (Å²) in [6.45, 7) is 0.338. The Balaban J connectivity index is 1.40. The van der Waals surface area contributed by atoms with Crippen LogP contribution < -0.4 is 19.5 Å². The Morgan fingerprint density at radius 1 is 1.09 bits per heavy atom. The minimum atomic E-state index is -4.24. The fourth-order valence-corrected chi connectivity index (χ4v) is 4.99. The zero-order valence-electron chi connectivity index (χ0n) is 17.8. The third-order valence-corrected chi connectivity index (χ3v) is 6.76. The quantitative estimate of drug-likeness (QED) is 0.560. The Morgan fingerprint density at radius 2 is 1.85 bits per heavy atom. The van der Waals surface area contributed by atoms with Gasteiger partial charge in [0.2, 0.25) is 0 Å². The maximum Gasteiger partial charge on any atom is 0.290 e. The molecule has 0 aromatic heterocycles. The van der Waals surface area contributed by atoms with E-state index in [-0.39, 0.29) is 24.4 Å². The predicted molar refractivity (Wildman–Crippen MR) is 121 cm³/mol. The van der Waals surface area contributed by atoms with E-state index in [0.29, 0.717) is 35.4 Å². The number of aliphatic imine (C=N–C) groups is 1. The van der Waals surface area contributed by atoms with E-state index in [1.54, 1.807) is 19.2 Å². The van der Waals surface area contributed by atoms with Crippen LogP contribution in [0, 0.1) is 11.6 Å². The highest BCUT2D eigenvalue weighted by Gasteiger charge is 2.30. The average Bonchev–Trinajstić information content (AvgIpc) is 3.21. The van der Waals surface area contributed by atoms with Crippen molar-refractivity contribution >= 4 is 27.4 Å². The second-order valence-electron chi connectivity index (χ2n) is 7.59. The first-order chi connectivity index (χ1) is 16.3. The highest BCUT2D eigenvalue weighted by atomic mass is 32.2. The van der Waals surface area contributed by atoms with E-state index in [4.69, 9.17) is 14.2 Å². The molecular weight excluding hydrogens is 468 g/mol. The number of halogens is 2. The topological polar surface area (TPSA) is 98.2 Å². The van der Waals surface area contributed by atoms with E-state index < -0.39 is 26.6 Å². The second kappa shape index (κ2) is 8.49. The molecule has 5 rings (SSSR count). The van der Waals surface area contributed by atoms with Crippen molar-refractivity contribution < 1.29 is 31.4 Å². The van der Waals surface area contributed by atoms with Crippen molar-refractivity contribution in [3.8, 4) is 11.5 Å². The summed E-state index contributed by atoms with van der Waals surface area (Å²) >= 11 is 0. The Morgan fingerprint density at radius 3 is 2.62 bits per heavy atom. The van der Waals surface area contributed by atoms with Crippen LogP contribution in [0.1, 0.15) is 17.2 Å². The molecule has 0 amide bonds. The predicted octanol–water partition coefficient (Wildman–Crippen LogP) is 4.21. The van der Waals surface area contributed by atoms with Crippen LogP contribution in [0.4, 0.5) is 20.2 Å². The lowest BCUT2D eigenvalue weighted by molar-refractivity contribution is 0.278. The van der Waals surface area contributed by atoms with Crippen molar-refractivity contribution in [1.82, 2.24) is 0 Å². The first-order valence-corrected chi connectivity index (χ1v) is 11.7. The summed E-state index contributed by atoms with van der Waals surface area (Å²) in [6, 6.07) is 12.4. The Hall–Kier alpha value is -3.86. The molecule has 0 spiro atoms. The van der Waals surface area contributed by atoms with Gasteiger partial charge in [-0.1, -0.05) is 12.1 Å². The van der Waals surface area contributed by atoms with Crippen molar-refractivity contribution in [2.45, 2.75) is 17.5 Å². The van der Waals surface area contributed by atoms with Crippen molar-refractivity contribution in [1.29, 1.82) is 0 Å². The Labute approximate surface area is 194 Å². The molecule has 0 saturated heterocycles. The first kappa shape index (κ1) is 22.0. The minimum absolute atomic E-state index is 0.0176. The van der Waals surface area contributed by atoms with Crippen molar-refractivity contribution in [3.63, 3.8) is 0 Å². The molecule has 2 aliphatic rings. The molecule has 0 aliphatic carbocycles. The van der Waals surface area contributed by atoms with Gasteiger partial charge in [0.25, 0.3) is 16.0 Å². The number of fused-ring (bicyclic) bond motifs is 2. The molecule has 11 heteroatoms. The van der Waals surface area contributed by atoms with Crippen molar-refractivity contribution in [3.05, 3.63) is 77.4 Å². The maximum atomic E-state index is 13.5. The van der Waals surface area contributed by atoms with Crippen LogP contribution in [0.25, 0.3) is 0 Å². The number of ether oxygens (including phenoxy) is 3. The van der Waals surface area contributed by atoms with Gasteiger partial charge in [-0.25, -0.2) is 22.2 Å². The Bertz CT molecular complexity index is 1390. The standard InChI is InChI=1S/C23H19F2N3O5S/c1-31-20-6-3-7-21-22(20)19(12-32-21)27-23-26-17-4-2-5-18(16(17)11-33-23)28-34(29,30)15-9-13(24)8-14(25)10-15/h2-10,19,28H,11-12H2,1H3,(H,26,27). The molecule has 2 N–H and O–H groups in total. The third-order valence-electron chi connectivity index (χ3n) is 5.41. The number of amidine groups is 1. The van der Waals surface area contributed by atoms with E-state index in [1.165, 1.54) is 6.07 Å². The van der Waals surface area contributed by atoms with Crippen LogP contribution in [-0.2, 0) is 21.4 Å². The van der Waals surface area contributed by atoms with Gasteiger partial charge in [0, 0.05) is 11.6 Å². The monoisotopic (exact) mass is 487 g/mol. The second-order valence-corrected chi connectivity index (χ2v) is 9.27. The molecule has 0 radical (unpaired) electrons. The van der Waals surface area contributed by atoms with Crippen LogP contribution in [0.5, 0.6) is 11.5 Å². The molecule has 3 aromatic carbocycles. The fourth-order valence-electron chi connectivity index (χ4n) is 3.86. The van der Waals surface area contributed by atoms with Gasteiger partial charge in [-0.05, 0) is 36.4 Å². The number of nitrogens with one attached hydrogen (secondary N) is 2. The summed E-state index contributed by atoms with van der Waals surface area (Å²) < 4.78 is 71.7. The SMILES string of the molecule is COc1cccc2c1C(N=C1Nc3cccc(NS(=O)(=O)c4cc(F)cc(F)c4)c3CO1)CO2. The number of anilines is 2. The zero-order valence-corrected chi connectivity index (χ0v) is 18.7. The largest absolute Gasteiger partial charge is 0.496 e. The third kappa shape index (κ3) is 4.10. The van der Waals surface area contributed by atoms with Gasteiger partial charge < -0.3 is 19.5 Å². The summed E-state index contributed by atoms with van der Waals surface area (Å²) in [5.74, 6) is -0.632. The number of nitrogens with zero attached hydrogens (tertiary/aromatic N) is 1. The molecule has 8 nitrogen and oxygen atoms in total. The number of methoxy groups -OCH3 is 1. The maximum absolute atomic E-state index is 13.5. The number of hydrogen-bond acceptors (Lipinski definition) is 6. The van der Waals surface area contributed by atoms with Crippen LogP contribution in [0.3, 0.4) is 0 Å². The zero-order chi connectivity index (χ0) is 23.9. The van der Waals surface area contributed by atoms with Crippen LogP contribution in [0.15, 0.2) is 64.5 Å². The molecule has 3 aromatic rings. The normalized spacial score (nSPS) is 17.7. The molecular formula is C23H19F2N3O5S. The van der Waals surface area contributed by atoms with Gasteiger partial charge in [-0.2, -0.15) is 0 Å². The molecule has 176 valence electrons. The smallest absolute Gasteiger partial charge is 0.290 e. The molecule has 2 heterocycles. The van der Waals surface area contributed by atoms with Gasteiger partial charge >= 0.3 is 0 Å². The van der Waals surface area contributed by atoms with Gasteiger partial charge in [-0.15, -0.1) is 0 Å². The summed E-state index contributed by atoms with van der Waals surface area (Å²) in [5.41, 5.74) is 2.12. The van der Waals surface area contributed by atoms with Crippen molar-refractivity contribution in [2.75, 3.05) is 23.8 Å². The van der Waals surface area contributed by atoms with E-state index in [0.717, 1.165) is 17.7 Å². The van der Waals surface area contributed by atoms with Gasteiger partial charge in [0.15, 0.2) is 0 Å². The summed E-state index contributed by atoms with van der Waals surface area (Å²) in [6.07, 6.45) is 0. The molecule has 0 fully saturated rings. The van der Waals surface area contributed by atoms with E-state index in [9.17, 15) is 17.2 Å². The van der Waals surface area contributed by atoms with Crippen LogP contribution in [-0.4, -0.2) is 28.2 Å². The molecule has 1 atom stereocenters. The van der Waals surface area contributed by atoms with Crippen molar-refractivity contribution in [2.24, 2.45) is 4.99 Å². The molecule has 2 aliphatic heterocycles. The van der Waals surface area contributed by atoms with E-state index in [1.807, 2.05) is 18.2 Å². The van der Waals surface area contributed by atoms with E-state index in [2.05, 4.69) is 15.0 Å². The molecule has 0 saturated carbocycles. The summed E-state index contributed by atoms with van der Waals surface area (Å²) in [5, 5.41) is 3.05. The lowest BCUT2D eigenvalue weighted by Crippen LogP contribution is -2.25. The van der Waals surface area contributed by atoms with Crippen LogP contribution in [0.2, 0.25) is 0 Å². The lowest BCUT2D eigenvalue weighted by Gasteiger charge is -2.24. The Kier molecular flexibility index (Phi) is 5.48. The lowest BCUT2D eigenvalue weighted by atomic mass is 10.1. The number of benzene rings is 3. The molecule has 0 bridgehead atoms. The van der Waals surface area contributed by atoms with Crippen LogP contribution >= 0.6 is 0 Å². The average molecular weight is 487 g/mol. The summed E-state index contributed by atoms with van der Waals surface area (Å²) in [4.78, 5) is 4.09. The minimum Gasteiger partial charge on any atom is -0.496 e. The molecule has 1 unspecified atom stereocenters. The van der Waals surface area contributed by atoms with E-state index >= 15 is 0 Å².